The Balaban J connectivity index is 1.95. The monoisotopic (exact) mass is 403 g/mol. The lowest BCUT2D eigenvalue weighted by Gasteiger charge is -2.38. The number of nitrogens with zero attached hydrogens (tertiary/aromatic N) is 1. The molecule has 0 aliphatic rings. The molecule has 0 fully saturated rings. The highest BCUT2D eigenvalue weighted by Gasteiger charge is 2.24. The Morgan fingerprint density at radius 1 is 0.667 bits per heavy atom. The van der Waals surface area contributed by atoms with Gasteiger partial charge in [0.25, 0.3) is 0 Å². The summed E-state index contributed by atoms with van der Waals surface area (Å²) >= 11 is 0. The quantitative estimate of drug-likeness (QED) is 0.287. The van der Waals surface area contributed by atoms with Crippen molar-refractivity contribution in [3.05, 3.63) is 83.9 Å². The van der Waals surface area contributed by atoms with Crippen LogP contribution in [0.4, 0.5) is 0 Å². The van der Waals surface area contributed by atoms with E-state index in [-0.39, 0.29) is 5.54 Å². The second-order valence-electron chi connectivity index (χ2n) is 8.86. The van der Waals surface area contributed by atoms with Crippen LogP contribution in [-0.4, -0.2) is 23.5 Å². The summed E-state index contributed by atoms with van der Waals surface area (Å²) in [5, 5.41) is 0. The topological polar surface area (TPSA) is 3.24 Å². The number of hydrogen-bond donors (Lipinski definition) is 0. The van der Waals surface area contributed by atoms with E-state index in [4.69, 9.17) is 0 Å². The van der Waals surface area contributed by atoms with Crippen LogP contribution in [0.2, 0.25) is 0 Å². The van der Waals surface area contributed by atoms with E-state index in [1.807, 2.05) is 0 Å². The lowest BCUT2D eigenvalue weighted by atomic mass is 9.93. The van der Waals surface area contributed by atoms with E-state index < -0.39 is 0 Å². The molecule has 2 rings (SSSR count). The smallest absolute Gasteiger partial charge is 0.0175 e. The fourth-order valence-electron chi connectivity index (χ4n) is 3.83. The molecule has 0 saturated heterocycles. The molecule has 0 atom stereocenters. The first-order valence-electron chi connectivity index (χ1n) is 11.8. The van der Waals surface area contributed by atoms with Gasteiger partial charge in [0, 0.05) is 18.6 Å². The Hall–Kier alpha value is -2.12. The van der Waals surface area contributed by atoms with E-state index in [2.05, 4.69) is 111 Å². The lowest BCUT2D eigenvalue weighted by Crippen LogP contribution is -2.44. The SMILES string of the molecule is CCCCCCCCC(C)(C)N(C/C=C/c1ccccc1)C/C=C/c1ccccc1. The van der Waals surface area contributed by atoms with Crippen LogP contribution >= 0.6 is 0 Å². The van der Waals surface area contributed by atoms with Crippen molar-refractivity contribution < 1.29 is 0 Å². The summed E-state index contributed by atoms with van der Waals surface area (Å²) in [5.74, 6) is 0. The van der Waals surface area contributed by atoms with Crippen LogP contribution in [0.5, 0.6) is 0 Å². The molecule has 1 heteroatoms. The van der Waals surface area contributed by atoms with Gasteiger partial charge in [-0.15, -0.1) is 0 Å². The molecule has 30 heavy (non-hydrogen) atoms. The van der Waals surface area contributed by atoms with Gasteiger partial charge < -0.3 is 0 Å². The van der Waals surface area contributed by atoms with E-state index in [0.29, 0.717) is 0 Å². The number of benzene rings is 2. The molecule has 0 bridgehead atoms. The van der Waals surface area contributed by atoms with Crippen LogP contribution < -0.4 is 0 Å². The van der Waals surface area contributed by atoms with Gasteiger partial charge >= 0.3 is 0 Å². The van der Waals surface area contributed by atoms with Crippen LogP contribution in [0.25, 0.3) is 12.2 Å². The summed E-state index contributed by atoms with van der Waals surface area (Å²) in [7, 11) is 0. The summed E-state index contributed by atoms with van der Waals surface area (Å²) < 4.78 is 0. The Bertz CT molecular complexity index is 676. The molecule has 0 radical (unpaired) electrons. The predicted molar refractivity (Wildman–Crippen MR) is 135 cm³/mol. The first-order valence-corrected chi connectivity index (χ1v) is 11.8. The van der Waals surface area contributed by atoms with Crippen LogP contribution in [0, 0.1) is 0 Å². The van der Waals surface area contributed by atoms with Crippen molar-refractivity contribution in [3.8, 4) is 0 Å². The molecule has 2 aromatic rings. The van der Waals surface area contributed by atoms with Gasteiger partial charge in [-0.25, -0.2) is 0 Å². The van der Waals surface area contributed by atoms with E-state index in [1.54, 1.807) is 0 Å². The van der Waals surface area contributed by atoms with E-state index >= 15 is 0 Å². The molecule has 162 valence electrons. The molecule has 0 aliphatic heterocycles. The van der Waals surface area contributed by atoms with Gasteiger partial charge in [0.05, 0.1) is 0 Å². The number of hydrogen-bond acceptors (Lipinski definition) is 1. The summed E-state index contributed by atoms with van der Waals surface area (Å²) in [5.41, 5.74) is 2.73. The first-order chi connectivity index (χ1) is 14.6. The highest BCUT2D eigenvalue weighted by Crippen LogP contribution is 2.23. The minimum atomic E-state index is 0.187. The molecular weight excluding hydrogens is 362 g/mol. The number of rotatable bonds is 14. The molecular formula is C29H41N. The van der Waals surface area contributed by atoms with Gasteiger partial charge in [-0.1, -0.05) is 130 Å². The Morgan fingerprint density at radius 3 is 1.63 bits per heavy atom. The first kappa shape index (κ1) is 24.2. The van der Waals surface area contributed by atoms with Gasteiger partial charge in [0.1, 0.15) is 0 Å². The third kappa shape index (κ3) is 9.59. The molecule has 0 amide bonds. The summed E-state index contributed by atoms with van der Waals surface area (Å²) in [6.07, 6.45) is 18.5. The maximum absolute atomic E-state index is 2.61. The Kier molecular flexibility index (Phi) is 11.3. The molecule has 0 spiro atoms. The van der Waals surface area contributed by atoms with E-state index in [1.165, 1.54) is 56.1 Å². The third-order valence-corrected chi connectivity index (χ3v) is 5.87. The molecule has 2 aromatic carbocycles. The van der Waals surface area contributed by atoms with Gasteiger partial charge in [-0.05, 0) is 31.4 Å². The molecule has 0 saturated carbocycles. The summed E-state index contributed by atoms with van der Waals surface area (Å²) in [6, 6.07) is 21.2. The second-order valence-corrected chi connectivity index (χ2v) is 8.86. The van der Waals surface area contributed by atoms with Crippen LogP contribution in [0.15, 0.2) is 72.8 Å². The fraction of sp³-hybridized carbons (Fsp3) is 0.448. The van der Waals surface area contributed by atoms with Crippen LogP contribution in [0.3, 0.4) is 0 Å². The Morgan fingerprint density at radius 2 is 1.13 bits per heavy atom. The zero-order chi connectivity index (χ0) is 21.5. The van der Waals surface area contributed by atoms with Crippen molar-refractivity contribution in [2.24, 2.45) is 0 Å². The van der Waals surface area contributed by atoms with Gasteiger partial charge in [-0.3, -0.25) is 4.90 Å². The van der Waals surface area contributed by atoms with Crippen molar-refractivity contribution in [1.29, 1.82) is 0 Å². The fourth-order valence-corrected chi connectivity index (χ4v) is 3.83. The maximum atomic E-state index is 2.61. The van der Waals surface area contributed by atoms with Crippen molar-refractivity contribution in [3.63, 3.8) is 0 Å². The van der Waals surface area contributed by atoms with Crippen LogP contribution in [0.1, 0.15) is 76.8 Å². The molecule has 0 aromatic heterocycles. The van der Waals surface area contributed by atoms with Crippen molar-refractivity contribution in [2.75, 3.05) is 13.1 Å². The van der Waals surface area contributed by atoms with Crippen LogP contribution in [-0.2, 0) is 0 Å². The standard InChI is InChI=1S/C29H41N/c1-4-5-6-7-8-15-24-29(2,3)30(25-16-22-27-18-11-9-12-19-27)26-17-23-28-20-13-10-14-21-28/h9-14,16-23H,4-8,15,24-26H2,1-3H3/b22-16+,23-17+. The molecule has 1 nitrogen and oxygen atoms in total. The average Bonchev–Trinajstić information content (AvgIpc) is 2.76. The zero-order valence-corrected chi connectivity index (χ0v) is 19.4. The molecule has 0 unspecified atom stereocenters. The van der Waals surface area contributed by atoms with Gasteiger partial charge in [0.15, 0.2) is 0 Å². The lowest BCUT2D eigenvalue weighted by molar-refractivity contribution is 0.139. The summed E-state index contributed by atoms with van der Waals surface area (Å²) in [6.45, 7) is 9.04. The van der Waals surface area contributed by atoms with E-state index in [9.17, 15) is 0 Å². The van der Waals surface area contributed by atoms with Gasteiger partial charge in [-0.2, -0.15) is 0 Å². The number of unbranched alkanes of at least 4 members (excludes halogenated alkanes) is 5. The molecule has 0 N–H and O–H groups in total. The zero-order valence-electron chi connectivity index (χ0n) is 19.4. The maximum Gasteiger partial charge on any atom is 0.0175 e. The van der Waals surface area contributed by atoms with Gasteiger partial charge in [0.2, 0.25) is 0 Å². The summed E-state index contributed by atoms with van der Waals surface area (Å²) in [4.78, 5) is 2.61. The van der Waals surface area contributed by atoms with E-state index in [0.717, 1.165) is 13.1 Å². The average molecular weight is 404 g/mol. The predicted octanol–water partition coefficient (Wildman–Crippen LogP) is 8.24. The normalized spacial score (nSPS) is 12.4. The highest BCUT2D eigenvalue weighted by molar-refractivity contribution is 5.49. The molecule has 0 heterocycles. The largest absolute Gasteiger partial charge is 0.291 e. The third-order valence-electron chi connectivity index (χ3n) is 5.87. The minimum Gasteiger partial charge on any atom is -0.291 e. The second kappa shape index (κ2) is 14.0. The minimum absolute atomic E-state index is 0.187. The van der Waals surface area contributed by atoms with Crippen molar-refractivity contribution >= 4 is 12.2 Å². The Labute approximate surface area is 185 Å². The molecule has 0 aliphatic carbocycles. The van der Waals surface area contributed by atoms with Crippen molar-refractivity contribution in [2.45, 2.75) is 71.3 Å². The highest BCUT2D eigenvalue weighted by atomic mass is 15.2. The van der Waals surface area contributed by atoms with Crippen molar-refractivity contribution in [1.82, 2.24) is 4.90 Å².